The van der Waals surface area contributed by atoms with E-state index in [0.29, 0.717) is 5.82 Å². The number of aromatic nitrogens is 3. The predicted octanol–water partition coefficient (Wildman–Crippen LogP) is 0.311. The number of fused-ring (bicyclic) bond motifs is 1. The molecule has 0 aliphatic heterocycles. The lowest BCUT2D eigenvalue weighted by Crippen LogP contribution is -1.96. The minimum atomic E-state index is 0.606. The van der Waals surface area contributed by atoms with Crippen molar-refractivity contribution in [2.24, 2.45) is 0 Å². The van der Waals surface area contributed by atoms with Crippen LogP contribution in [0.25, 0.3) is 5.65 Å². The summed E-state index contributed by atoms with van der Waals surface area (Å²) in [6.45, 7) is 0. The Hall–Kier alpha value is -1.58. The lowest BCUT2D eigenvalue weighted by atomic mass is 10.4. The zero-order chi connectivity index (χ0) is 6.97. The maximum atomic E-state index is 5.56. The van der Waals surface area contributed by atoms with Gasteiger partial charge in [0.05, 0.1) is 0 Å². The van der Waals surface area contributed by atoms with E-state index in [2.05, 4.69) is 10.1 Å². The molecule has 0 aliphatic rings. The summed E-state index contributed by atoms with van der Waals surface area (Å²) in [5.41, 5.74) is 6.34. The smallest absolute Gasteiger partial charge is 0.157 e. The van der Waals surface area contributed by atoms with E-state index >= 15 is 0 Å². The van der Waals surface area contributed by atoms with Crippen molar-refractivity contribution in [2.75, 3.05) is 5.73 Å². The van der Waals surface area contributed by atoms with Crippen LogP contribution in [0.3, 0.4) is 0 Å². The van der Waals surface area contributed by atoms with Crippen molar-refractivity contribution >= 4 is 11.5 Å². The predicted molar refractivity (Wildman–Crippen MR) is 37.4 cm³/mol. The van der Waals surface area contributed by atoms with E-state index in [1.165, 1.54) is 6.33 Å². The van der Waals surface area contributed by atoms with Crippen LogP contribution >= 0.6 is 0 Å². The maximum absolute atomic E-state index is 5.56. The number of nitrogens with two attached hydrogens (primary N) is 1. The fraction of sp³-hybridized carbons (Fsp3) is 0. The molecule has 0 spiro atoms. The summed E-state index contributed by atoms with van der Waals surface area (Å²) in [4.78, 5) is 3.95. The number of hydrogen-bond donors (Lipinski definition) is 1. The monoisotopic (exact) mass is 134 g/mol. The van der Waals surface area contributed by atoms with E-state index in [-0.39, 0.29) is 0 Å². The van der Waals surface area contributed by atoms with Crippen LogP contribution in [0.1, 0.15) is 0 Å². The van der Waals surface area contributed by atoms with Gasteiger partial charge >= 0.3 is 0 Å². The highest BCUT2D eigenvalue weighted by Gasteiger charge is 1.94. The summed E-state index contributed by atoms with van der Waals surface area (Å²) in [6, 6.07) is 5.48. The van der Waals surface area contributed by atoms with Gasteiger partial charge in [0, 0.05) is 0 Å². The van der Waals surface area contributed by atoms with Gasteiger partial charge in [-0.1, -0.05) is 6.07 Å². The molecule has 0 aromatic carbocycles. The second-order valence-corrected chi connectivity index (χ2v) is 1.98. The fourth-order valence-electron chi connectivity index (χ4n) is 0.866. The van der Waals surface area contributed by atoms with Crippen LogP contribution in [0.5, 0.6) is 0 Å². The van der Waals surface area contributed by atoms with Crippen LogP contribution in [-0.2, 0) is 0 Å². The average molecular weight is 134 g/mol. The molecule has 0 saturated heterocycles. The van der Waals surface area contributed by atoms with Gasteiger partial charge in [-0.2, -0.15) is 9.61 Å². The number of anilines is 1. The molecule has 2 heterocycles. The summed E-state index contributed by atoms with van der Waals surface area (Å²) < 4.78 is 1.58. The number of hydrogen-bond acceptors (Lipinski definition) is 3. The van der Waals surface area contributed by atoms with Gasteiger partial charge in [-0.05, 0) is 12.1 Å². The normalized spacial score (nSPS) is 10.4. The third-order valence-electron chi connectivity index (χ3n) is 1.33. The standard InChI is InChI=1S/C6H6N4/c7-5-2-1-3-6-8-4-9-10(5)6/h1-4H,7H2. The van der Waals surface area contributed by atoms with Gasteiger partial charge in [-0.25, -0.2) is 4.98 Å². The Morgan fingerprint density at radius 3 is 3.10 bits per heavy atom. The summed E-state index contributed by atoms with van der Waals surface area (Å²) in [7, 11) is 0. The van der Waals surface area contributed by atoms with Crippen molar-refractivity contribution in [3.05, 3.63) is 24.5 Å². The van der Waals surface area contributed by atoms with Gasteiger partial charge in [0.2, 0.25) is 0 Å². The SMILES string of the molecule is Nc1cccc2ncnn12. The first-order chi connectivity index (χ1) is 4.88. The van der Waals surface area contributed by atoms with Gasteiger partial charge in [0.1, 0.15) is 12.1 Å². The van der Waals surface area contributed by atoms with Crippen LogP contribution in [0.4, 0.5) is 5.82 Å². The summed E-state index contributed by atoms with van der Waals surface area (Å²) >= 11 is 0. The Labute approximate surface area is 57.3 Å². The van der Waals surface area contributed by atoms with Crippen LogP contribution in [-0.4, -0.2) is 14.6 Å². The Morgan fingerprint density at radius 2 is 2.30 bits per heavy atom. The number of pyridine rings is 1. The molecule has 0 amide bonds. The van der Waals surface area contributed by atoms with Crippen LogP contribution in [0.2, 0.25) is 0 Å². The molecule has 2 aromatic rings. The highest BCUT2D eigenvalue weighted by Crippen LogP contribution is 2.03. The molecular weight excluding hydrogens is 128 g/mol. The van der Waals surface area contributed by atoms with Gasteiger partial charge in [-0.3, -0.25) is 0 Å². The van der Waals surface area contributed by atoms with Crippen molar-refractivity contribution in [1.82, 2.24) is 14.6 Å². The molecule has 50 valence electrons. The van der Waals surface area contributed by atoms with Crippen molar-refractivity contribution in [3.63, 3.8) is 0 Å². The molecule has 4 heteroatoms. The quantitative estimate of drug-likeness (QED) is 0.564. The van der Waals surface area contributed by atoms with Gasteiger partial charge in [-0.15, -0.1) is 0 Å². The van der Waals surface area contributed by atoms with Crippen molar-refractivity contribution in [1.29, 1.82) is 0 Å². The van der Waals surface area contributed by atoms with Crippen LogP contribution < -0.4 is 5.73 Å². The first-order valence-corrected chi connectivity index (χ1v) is 2.92. The molecule has 2 rings (SSSR count). The Morgan fingerprint density at radius 1 is 1.40 bits per heavy atom. The van der Waals surface area contributed by atoms with E-state index in [1.807, 2.05) is 12.1 Å². The molecule has 0 bridgehead atoms. The Kier molecular flexibility index (Phi) is 0.887. The fourth-order valence-corrected chi connectivity index (χ4v) is 0.866. The summed E-state index contributed by atoms with van der Waals surface area (Å²) in [5, 5.41) is 3.90. The molecule has 0 aliphatic carbocycles. The van der Waals surface area contributed by atoms with E-state index in [9.17, 15) is 0 Å². The molecule has 0 fully saturated rings. The average Bonchev–Trinajstić information content (AvgIpc) is 2.36. The summed E-state index contributed by atoms with van der Waals surface area (Å²) in [5.74, 6) is 0.606. The first kappa shape index (κ1) is 5.22. The van der Waals surface area contributed by atoms with Gasteiger partial charge < -0.3 is 5.73 Å². The highest BCUT2D eigenvalue weighted by molar-refractivity contribution is 5.44. The third kappa shape index (κ3) is 0.556. The van der Waals surface area contributed by atoms with Crippen LogP contribution in [0, 0.1) is 0 Å². The minimum absolute atomic E-state index is 0.606. The molecule has 10 heavy (non-hydrogen) atoms. The second kappa shape index (κ2) is 1.70. The summed E-state index contributed by atoms with van der Waals surface area (Å²) in [6.07, 6.45) is 1.48. The highest BCUT2D eigenvalue weighted by atomic mass is 15.3. The van der Waals surface area contributed by atoms with E-state index in [1.54, 1.807) is 10.6 Å². The zero-order valence-corrected chi connectivity index (χ0v) is 5.23. The molecule has 0 saturated carbocycles. The number of nitrogens with zero attached hydrogens (tertiary/aromatic N) is 3. The maximum Gasteiger partial charge on any atom is 0.157 e. The van der Waals surface area contributed by atoms with Crippen molar-refractivity contribution < 1.29 is 0 Å². The lowest BCUT2D eigenvalue weighted by Gasteiger charge is -1.93. The first-order valence-electron chi connectivity index (χ1n) is 2.92. The van der Waals surface area contributed by atoms with Crippen LogP contribution in [0.15, 0.2) is 24.5 Å². The molecule has 2 aromatic heterocycles. The van der Waals surface area contributed by atoms with E-state index in [4.69, 9.17) is 5.73 Å². The topological polar surface area (TPSA) is 56.2 Å². The molecule has 4 nitrogen and oxygen atoms in total. The molecule has 0 unspecified atom stereocenters. The van der Waals surface area contributed by atoms with E-state index < -0.39 is 0 Å². The second-order valence-electron chi connectivity index (χ2n) is 1.98. The van der Waals surface area contributed by atoms with Gasteiger partial charge in [0.15, 0.2) is 5.65 Å². The van der Waals surface area contributed by atoms with Crippen molar-refractivity contribution in [3.8, 4) is 0 Å². The molecule has 0 radical (unpaired) electrons. The number of rotatable bonds is 0. The van der Waals surface area contributed by atoms with E-state index in [0.717, 1.165) is 5.65 Å². The lowest BCUT2D eigenvalue weighted by molar-refractivity contribution is 0.974. The third-order valence-corrected chi connectivity index (χ3v) is 1.33. The van der Waals surface area contributed by atoms with Gasteiger partial charge in [0.25, 0.3) is 0 Å². The molecule has 2 N–H and O–H groups in total. The largest absolute Gasteiger partial charge is 0.384 e. The Bertz CT molecular complexity index is 351. The minimum Gasteiger partial charge on any atom is -0.384 e. The molecule has 0 atom stereocenters. The molecular formula is C6H6N4. The number of nitrogen functional groups attached to an aromatic ring is 1. The van der Waals surface area contributed by atoms with Crippen molar-refractivity contribution in [2.45, 2.75) is 0 Å². The Balaban J connectivity index is 2.95. The zero-order valence-electron chi connectivity index (χ0n) is 5.23.